The minimum absolute atomic E-state index is 0.0297. The molecular weight excluding hydrogens is 212 g/mol. The smallest absolute Gasteiger partial charge is 0.192 e. The maximum Gasteiger partial charge on any atom is 0.192 e. The maximum absolute atomic E-state index is 5.72. The van der Waals surface area contributed by atoms with E-state index in [1.807, 2.05) is 10.2 Å². The molecule has 0 spiro atoms. The minimum Gasteiger partial charge on any atom is -0.370 e. The lowest BCUT2D eigenvalue weighted by Crippen LogP contribution is -2.17. The molecule has 2 N–H and O–H groups in total. The van der Waals surface area contributed by atoms with Crippen molar-refractivity contribution in [3.8, 4) is 0 Å². The largest absolute Gasteiger partial charge is 0.370 e. The first-order chi connectivity index (χ1) is 7.40. The summed E-state index contributed by atoms with van der Waals surface area (Å²) in [6.07, 6.45) is 0.955. The molecule has 3 heterocycles. The molecule has 0 amide bonds. The molecule has 2 aromatic rings. The number of hydrogen-bond donors (Lipinski definition) is 1. The van der Waals surface area contributed by atoms with Crippen molar-refractivity contribution in [3.63, 3.8) is 0 Å². The van der Waals surface area contributed by atoms with Crippen molar-refractivity contribution >= 4 is 21.7 Å². The molecule has 3 rings (SSSR count). The van der Waals surface area contributed by atoms with Crippen molar-refractivity contribution in [2.75, 3.05) is 13.2 Å². The molecule has 1 atom stereocenters. The van der Waals surface area contributed by atoms with Crippen LogP contribution in [0.15, 0.2) is 5.51 Å². The van der Waals surface area contributed by atoms with Gasteiger partial charge in [-0.1, -0.05) is 0 Å². The van der Waals surface area contributed by atoms with Gasteiger partial charge in [-0.3, -0.25) is 4.68 Å². The summed E-state index contributed by atoms with van der Waals surface area (Å²) in [5, 5.41) is 4.45. The lowest BCUT2D eigenvalue weighted by atomic mass is 10.2. The number of aromatic nitrogens is 3. The summed E-state index contributed by atoms with van der Waals surface area (Å²) in [5.74, 6) is 0. The Morgan fingerprint density at radius 2 is 2.60 bits per heavy atom. The Morgan fingerprint density at radius 1 is 1.67 bits per heavy atom. The van der Waals surface area contributed by atoms with Crippen molar-refractivity contribution in [3.05, 3.63) is 11.2 Å². The highest BCUT2D eigenvalue weighted by atomic mass is 32.1. The molecule has 5 nitrogen and oxygen atoms in total. The summed E-state index contributed by atoms with van der Waals surface area (Å²) < 4.78 is 8.82. The van der Waals surface area contributed by atoms with Crippen LogP contribution in [0.1, 0.15) is 18.2 Å². The van der Waals surface area contributed by atoms with Crippen LogP contribution in [0.25, 0.3) is 10.3 Å². The SMILES string of the molecule is NC[C@H]1OCCCn2nc3ncsc3c21. The standard InChI is InChI=1S/C9H12N4OS/c10-4-6-7-8-9(11-5-15-8)12-13(7)2-1-3-14-6/h5-6H,1-4,10H2/t6-/m1/s1. The second-order valence-corrected chi connectivity index (χ2v) is 4.42. The summed E-state index contributed by atoms with van der Waals surface area (Å²) in [5.41, 5.74) is 9.46. The van der Waals surface area contributed by atoms with Crippen LogP contribution in [0.5, 0.6) is 0 Å². The maximum atomic E-state index is 5.72. The summed E-state index contributed by atoms with van der Waals surface area (Å²) in [4.78, 5) is 4.21. The van der Waals surface area contributed by atoms with Gasteiger partial charge >= 0.3 is 0 Å². The molecule has 1 aliphatic heterocycles. The molecule has 0 saturated heterocycles. The lowest BCUT2D eigenvalue weighted by molar-refractivity contribution is 0.0630. The molecule has 80 valence electrons. The number of aryl methyl sites for hydroxylation is 1. The quantitative estimate of drug-likeness (QED) is 0.782. The van der Waals surface area contributed by atoms with E-state index < -0.39 is 0 Å². The Balaban J connectivity index is 2.20. The molecule has 0 saturated carbocycles. The van der Waals surface area contributed by atoms with Crippen LogP contribution in [0.2, 0.25) is 0 Å². The van der Waals surface area contributed by atoms with Crippen LogP contribution >= 0.6 is 11.3 Å². The first kappa shape index (κ1) is 9.26. The predicted octanol–water partition coefficient (Wildman–Crippen LogP) is 0.913. The van der Waals surface area contributed by atoms with Gasteiger partial charge in [0.2, 0.25) is 0 Å². The second kappa shape index (κ2) is 3.55. The van der Waals surface area contributed by atoms with Crippen LogP contribution in [-0.4, -0.2) is 27.9 Å². The third-order valence-corrected chi connectivity index (χ3v) is 3.47. The molecule has 2 aromatic heterocycles. The van der Waals surface area contributed by atoms with Crippen molar-refractivity contribution in [1.29, 1.82) is 0 Å². The number of nitrogens with two attached hydrogens (primary N) is 1. The van der Waals surface area contributed by atoms with Crippen LogP contribution in [0, 0.1) is 0 Å². The Morgan fingerprint density at radius 3 is 3.47 bits per heavy atom. The van der Waals surface area contributed by atoms with E-state index in [0.717, 1.165) is 35.6 Å². The summed E-state index contributed by atoms with van der Waals surface area (Å²) in [6.45, 7) is 2.15. The van der Waals surface area contributed by atoms with Crippen LogP contribution in [0.4, 0.5) is 0 Å². The van der Waals surface area contributed by atoms with Crippen molar-refractivity contribution in [2.24, 2.45) is 5.73 Å². The van der Waals surface area contributed by atoms with E-state index in [2.05, 4.69) is 10.1 Å². The average Bonchev–Trinajstić information content (AvgIpc) is 2.74. The van der Waals surface area contributed by atoms with E-state index in [9.17, 15) is 0 Å². The highest BCUT2D eigenvalue weighted by molar-refractivity contribution is 7.16. The molecule has 0 bridgehead atoms. The highest BCUT2D eigenvalue weighted by Gasteiger charge is 2.24. The Labute approximate surface area is 90.9 Å². The summed E-state index contributed by atoms with van der Waals surface area (Å²) >= 11 is 1.61. The van der Waals surface area contributed by atoms with Gasteiger partial charge in [0.05, 0.1) is 15.9 Å². The topological polar surface area (TPSA) is 66.0 Å². The van der Waals surface area contributed by atoms with Gasteiger partial charge < -0.3 is 10.5 Å². The fourth-order valence-electron chi connectivity index (χ4n) is 1.95. The molecule has 6 heteroatoms. The monoisotopic (exact) mass is 224 g/mol. The molecule has 0 fully saturated rings. The second-order valence-electron chi connectivity index (χ2n) is 3.56. The van der Waals surface area contributed by atoms with Crippen molar-refractivity contribution in [2.45, 2.75) is 19.1 Å². The van der Waals surface area contributed by atoms with Crippen LogP contribution in [0.3, 0.4) is 0 Å². The summed E-state index contributed by atoms with van der Waals surface area (Å²) in [7, 11) is 0. The van der Waals surface area contributed by atoms with Gasteiger partial charge in [0.1, 0.15) is 6.10 Å². The molecule has 0 unspecified atom stereocenters. The summed E-state index contributed by atoms with van der Waals surface area (Å²) in [6, 6.07) is 0. The zero-order valence-electron chi connectivity index (χ0n) is 8.22. The fraction of sp³-hybridized carbons (Fsp3) is 0.556. The number of ether oxygens (including phenoxy) is 1. The average molecular weight is 224 g/mol. The molecule has 15 heavy (non-hydrogen) atoms. The highest BCUT2D eigenvalue weighted by Crippen LogP contribution is 2.30. The Bertz CT molecular complexity index is 477. The van der Waals surface area contributed by atoms with E-state index in [-0.39, 0.29) is 6.10 Å². The van der Waals surface area contributed by atoms with Crippen LogP contribution in [-0.2, 0) is 11.3 Å². The van der Waals surface area contributed by atoms with E-state index in [4.69, 9.17) is 10.5 Å². The number of nitrogens with zero attached hydrogens (tertiary/aromatic N) is 3. The zero-order valence-corrected chi connectivity index (χ0v) is 9.04. The number of fused-ring (bicyclic) bond motifs is 3. The predicted molar refractivity (Wildman–Crippen MR) is 57.8 cm³/mol. The van der Waals surface area contributed by atoms with Gasteiger partial charge in [-0.15, -0.1) is 11.3 Å². The Hall–Kier alpha value is -0.980. The molecule has 0 aliphatic carbocycles. The normalized spacial score (nSPS) is 21.5. The van der Waals surface area contributed by atoms with Crippen molar-refractivity contribution < 1.29 is 4.74 Å². The number of thiazole rings is 1. The fourth-order valence-corrected chi connectivity index (χ4v) is 2.77. The van der Waals surface area contributed by atoms with E-state index >= 15 is 0 Å². The molecule has 1 aliphatic rings. The van der Waals surface area contributed by atoms with E-state index in [0.29, 0.717) is 6.54 Å². The molecular formula is C9H12N4OS. The van der Waals surface area contributed by atoms with Crippen molar-refractivity contribution in [1.82, 2.24) is 14.8 Å². The van der Waals surface area contributed by atoms with Crippen LogP contribution < -0.4 is 5.73 Å². The lowest BCUT2D eigenvalue weighted by Gasteiger charge is -2.12. The van der Waals surface area contributed by atoms with Gasteiger partial charge in [-0.05, 0) is 6.42 Å². The first-order valence-electron chi connectivity index (χ1n) is 5.01. The molecule has 0 aromatic carbocycles. The molecule has 0 radical (unpaired) electrons. The van der Waals surface area contributed by atoms with E-state index in [1.54, 1.807) is 11.3 Å². The zero-order chi connectivity index (χ0) is 10.3. The third-order valence-electron chi connectivity index (χ3n) is 2.63. The minimum atomic E-state index is -0.0297. The first-order valence-corrected chi connectivity index (χ1v) is 5.89. The third kappa shape index (κ3) is 1.37. The van der Waals surface area contributed by atoms with Gasteiger partial charge in [-0.25, -0.2) is 4.98 Å². The number of hydrogen-bond acceptors (Lipinski definition) is 5. The van der Waals surface area contributed by atoms with E-state index in [1.165, 1.54) is 0 Å². The Kier molecular flexibility index (Phi) is 2.19. The van der Waals surface area contributed by atoms with Gasteiger partial charge in [0.25, 0.3) is 0 Å². The van der Waals surface area contributed by atoms with Gasteiger partial charge in [-0.2, -0.15) is 5.10 Å². The number of rotatable bonds is 1. The van der Waals surface area contributed by atoms with Gasteiger partial charge in [0, 0.05) is 19.7 Å². The van der Waals surface area contributed by atoms with Gasteiger partial charge in [0.15, 0.2) is 5.65 Å².